The Morgan fingerprint density at radius 2 is 2.47 bits per heavy atom. The number of pyridine rings is 1. The number of aromatic nitrogens is 3. The van der Waals surface area contributed by atoms with Crippen molar-refractivity contribution in [1.29, 1.82) is 0 Å². The summed E-state index contributed by atoms with van der Waals surface area (Å²) in [6.07, 6.45) is 6.26. The molecule has 90 valence electrons. The molecule has 0 saturated carbocycles. The summed E-state index contributed by atoms with van der Waals surface area (Å²) in [6.45, 7) is 1.02. The lowest BCUT2D eigenvalue weighted by Crippen LogP contribution is -2.12. The van der Waals surface area contributed by atoms with E-state index in [1.54, 1.807) is 0 Å². The number of fused-ring (bicyclic) bond motifs is 1. The minimum absolute atomic E-state index is 0.464. The van der Waals surface area contributed by atoms with Crippen molar-refractivity contribution < 1.29 is 0 Å². The van der Waals surface area contributed by atoms with E-state index in [1.165, 1.54) is 18.6 Å². The fourth-order valence-corrected chi connectivity index (χ4v) is 3.79. The number of hydrogen-bond donors (Lipinski definition) is 0. The third-order valence-electron chi connectivity index (χ3n) is 3.16. The molecule has 3 nitrogen and oxygen atoms in total. The maximum absolute atomic E-state index is 5.98. The number of halogens is 1. The minimum atomic E-state index is 0.464. The molecular weight excluding hydrogens is 254 g/mol. The van der Waals surface area contributed by atoms with Gasteiger partial charge in [0.1, 0.15) is 11.3 Å². The SMILES string of the molecule is ClCc1nc2cnccc2n1CC1CCCS1. The van der Waals surface area contributed by atoms with Gasteiger partial charge in [0.2, 0.25) is 0 Å². The van der Waals surface area contributed by atoms with Crippen LogP contribution in [0.15, 0.2) is 18.5 Å². The summed E-state index contributed by atoms with van der Waals surface area (Å²) in [5, 5.41) is 0.711. The van der Waals surface area contributed by atoms with E-state index in [0.29, 0.717) is 11.1 Å². The van der Waals surface area contributed by atoms with Crippen molar-refractivity contribution in [3.8, 4) is 0 Å². The Morgan fingerprint density at radius 1 is 1.53 bits per heavy atom. The highest BCUT2D eigenvalue weighted by molar-refractivity contribution is 8.00. The van der Waals surface area contributed by atoms with Crippen LogP contribution in [0.3, 0.4) is 0 Å². The lowest BCUT2D eigenvalue weighted by atomic mass is 10.2. The topological polar surface area (TPSA) is 30.7 Å². The van der Waals surface area contributed by atoms with Crippen LogP contribution < -0.4 is 0 Å². The zero-order valence-corrected chi connectivity index (χ0v) is 11.0. The van der Waals surface area contributed by atoms with Gasteiger partial charge in [0, 0.05) is 18.0 Å². The van der Waals surface area contributed by atoms with Gasteiger partial charge in [0.05, 0.1) is 17.6 Å². The highest BCUT2D eigenvalue weighted by Crippen LogP contribution is 2.29. The smallest absolute Gasteiger partial charge is 0.124 e. The van der Waals surface area contributed by atoms with Gasteiger partial charge in [0.25, 0.3) is 0 Å². The maximum Gasteiger partial charge on any atom is 0.124 e. The molecule has 17 heavy (non-hydrogen) atoms. The van der Waals surface area contributed by atoms with Crippen LogP contribution in [-0.4, -0.2) is 25.5 Å². The average molecular weight is 268 g/mol. The molecule has 0 N–H and O–H groups in total. The fraction of sp³-hybridized carbons (Fsp3) is 0.500. The highest BCUT2D eigenvalue weighted by Gasteiger charge is 2.19. The standard InChI is InChI=1S/C12H14ClN3S/c13-6-12-15-10-7-14-4-3-11(10)16(12)8-9-2-1-5-17-9/h3-4,7,9H,1-2,5-6,8H2. The molecule has 0 aliphatic carbocycles. The average Bonchev–Trinajstić information content (AvgIpc) is 2.98. The summed E-state index contributed by atoms with van der Waals surface area (Å²) in [4.78, 5) is 8.64. The first-order chi connectivity index (χ1) is 8.38. The third-order valence-corrected chi connectivity index (χ3v) is 4.78. The van der Waals surface area contributed by atoms with Gasteiger partial charge < -0.3 is 4.57 Å². The first-order valence-electron chi connectivity index (χ1n) is 5.85. The molecule has 1 unspecified atom stereocenters. The summed E-state index contributed by atoms with van der Waals surface area (Å²) < 4.78 is 2.26. The monoisotopic (exact) mass is 267 g/mol. The number of nitrogens with zero attached hydrogens (tertiary/aromatic N) is 3. The van der Waals surface area contributed by atoms with Crippen LogP contribution in [0, 0.1) is 0 Å². The first-order valence-corrected chi connectivity index (χ1v) is 7.43. The van der Waals surface area contributed by atoms with E-state index >= 15 is 0 Å². The molecule has 1 atom stereocenters. The second-order valence-corrected chi connectivity index (χ2v) is 5.95. The van der Waals surface area contributed by atoms with Crippen LogP contribution in [0.2, 0.25) is 0 Å². The van der Waals surface area contributed by atoms with Gasteiger partial charge in [-0.05, 0) is 24.7 Å². The number of alkyl halides is 1. The predicted octanol–water partition coefficient (Wildman–Crippen LogP) is 3.07. The summed E-state index contributed by atoms with van der Waals surface area (Å²) in [6, 6.07) is 2.03. The van der Waals surface area contributed by atoms with Crippen LogP contribution in [0.4, 0.5) is 0 Å². The number of imidazole rings is 1. The molecule has 0 aromatic carbocycles. The zero-order valence-electron chi connectivity index (χ0n) is 9.47. The van der Waals surface area contributed by atoms with E-state index in [9.17, 15) is 0 Å². The third kappa shape index (κ3) is 2.16. The lowest BCUT2D eigenvalue weighted by Gasteiger charge is -2.12. The van der Waals surface area contributed by atoms with Crippen LogP contribution in [0.25, 0.3) is 11.0 Å². The van der Waals surface area contributed by atoms with E-state index in [0.717, 1.165) is 23.4 Å². The van der Waals surface area contributed by atoms with Gasteiger partial charge >= 0.3 is 0 Å². The molecule has 0 spiro atoms. The summed E-state index contributed by atoms with van der Waals surface area (Å²) in [5.41, 5.74) is 2.11. The Balaban J connectivity index is 1.99. The lowest BCUT2D eigenvalue weighted by molar-refractivity contribution is 0.634. The second-order valence-electron chi connectivity index (χ2n) is 4.27. The molecule has 5 heteroatoms. The van der Waals surface area contributed by atoms with Crippen molar-refractivity contribution in [3.05, 3.63) is 24.3 Å². The number of rotatable bonds is 3. The van der Waals surface area contributed by atoms with E-state index in [-0.39, 0.29) is 0 Å². The van der Waals surface area contributed by atoms with Crippen LogP contribution in [0.5, 0.6) is 0 Å². The van der Waals surface area contributed by atoms with Crippen LogP contribution in [0.1, 0.15) is 18.7 Å². The predicted molar refractivity (Wildman–Crippen MR) is 72.6 cm³/mol. The Morgan fingerprint density at radius 3 is 3.24 bits per heavy atom. The first kappa shape index (κ1) is 11.4. The molecular formula is C12H14ClN3S. The van der Waals surface area contributed by atoms with Crippen molar-refractivity contribution in [2.45, 2.75) is 30.5 Å². The summed E-state index contributed by atoms with van der Waals surface area (Å²) in [5.74, 6) is 2.71. The molecule has 2 aromatic heterocycles. The summed E-state index contributed by atoms with van der Waals surface area (Å²) in [7, 11) is 0. The van der Waals surface area contributed by atoms with Crippen molar-refractivity contribution in [3.63, 3.8) is 0 Å². The van der Waals surface area contributed by atoms with E-state index < -0.39 is 0 Å². The second kappa shape index (κ2) is 4.86. The molecule has 1 saturated heterocycles. The van der Waals surface area contributed by atoms with Gasteiger partial charge in [-0.2, -0.15) is 11.8 Å². The maximum atomic E-state index is 5.98. The molecule has 3 rings (SSSR count). The van der Waals surface area contributed by atoms with Gasteiger partial charge in [-0.25, -0.2) is 4.98 Å². The van der Waals surface area contributed by atoms with Crippen LogP contribution >= 0.6 is 23.4 Å². The van der Waals surface area contributed by atoms with Crippen molar-refractivity contribution in [1.82, 2.24) is 14.5 Å². The van der Waals surface area contributed by atoms with Crippen molar-refractivity contribution in [2.75, 3.05) is 5.75 Å². The molecule has 3 heterocycles. The quantitative estimate of drug-likeness (QED) is 0.801. The van der Waals surface area contributed by atoms with Crippen molar-refractivity contribution >= 4 is 34.4 Å². The van der Waals surface area contributed by atoms with Gasteiger partial charge in [-0.1, -0.05) is 0 Å². The molecule has 1 fully saturated rings. The number of thioether (sulfide) groups is 1. The van der Waals surface area contributed by atoms with Gasteiger partial charge in [0.15, 0.2) is 0 Å². The van der Waals surface area contributed by atoms with E-state index in [2.05, 4.69) is 26.3 Å². The largest absolute Gasteiger partial charge is 0.326 e. The molecule has 2 aromatic rings. The van der Waals surface area contributed by atoms with Gasteiger partial charge in [-0.3, -0.25) is 4.98 Å². The Hall–Kier alpha value is -0.740. The Labute approximate surface area is 110 Å². The zero-order chi connectivity index (χ0) is 11.7. The van der Waals surface area contributed by atoms with Crippen molar-refractivity contribution in [2.24, 2.45) is 0 Å². The Kier molecular flexibility index (Phi) is 3.25. The molecule has 0 amide bonds. The van der Waals surface area contributed by atoms with E-state index in [1.807, 2.05) is 18.5 Å². The molecule has 1 aliphatic rings. The summed E-state index contributed by atoms with van der Waals surface area (Å²) >= 11 is 8.04. The fourth-order valence-electron chi connectivity index (χ4n) is 2.33. The van der Waals surface area contributed by atoms with Crippen LogP contribution in [-0.2, 0) is 12.4 Å². The normalized spacial score (nSPS) is 20.2. The highest BCUT2D eigenvalue weighted by atomic mass is 35.5. The molecule has 0 bridgehead atoms. The molecule has 1 aliphatic heterocycles. The van der Waals surface area contributed by atoms with E-state index in [4.69, 9.17) is 11.6 Å². The Bertz CT molecular complexity index is 519. The number of hydrogen-bond acceptors (Lipinski definition) is 3. The van der Waals surface area contributed by atoms with Gasteiger partial charge in [-0.15, -0.1) is 11.6 Å². The minimum Gasteiger partial charge on any atom is -0.326 e. The molecule has 0 radical (unpaired) electrons.